The number of benzene rings is 2. The highest BCUT2D eigenvalue weighted by atomic mass is 35.5. The van der Waals surface area contributed by atoms with Crippen molar-refractivity contribution in [1.29, 1.82) is 0 Å². The summed E-state index contributed by atoms with van der Waals surface area (Å²) in [6.07, 6.45) is 0. The number of amides is 1. The fourth-order valence-corrected chi connectivity index (χ4v) is 4.78. The van der Waals surface area contributed by atoms with Crippen LogP contribution in [0, 0.1) is 12.7 Å². The van der Waals surface area contributed by atoms with Crippen LogP contribution in [0.1, 0.15) is 12.5 Å². The predicted octanol–water partition coefficient (Wildman–Crippen LogP) is 3.12. The largest absolute Gasteiger partial charge is 0.325 e. The molecule has 0 aliphatic carbocycles. The molecule has 0 bridgehead atoms. The summed E-state index contributed by atoms with van der Waals surface area (Å²) >= 11 is 5.74. The summed E-state index contributed by atoms with van der Waals surface area (Å²) in [5.74, 6) is -0.814. The molecule has 1 atom stereocenters. The number of aryl methyl sites for hydroxylation is 1. The van der Waals surface area contributed by atoms with E-state index in [1.165, 1.54) is 22.5 Å². The topological polar surface area (TPSA) is 69.7 Å². The van der Waals surface area contributed by atoms with Crippen LogP contribution in [0.4, 0.5) is 10.1 Å². The van der Waals surface area contributed by atoms with Crippen LogP contribution in [-0.4, -0.2) is 55.8 Å². The molecule has 0 spiro atoms. The Balaban J connectivity index is 1.60. The fraction of sp³-hybridized carbons (Fsp3) is 0.350. The first-order valence-electron chi connectivity index (χ1n) is 9.25. The zero-order valence-corrected chi connectivity index (χ0v) is 17.8. The molecule has 1 N–H and O–H groups in total. The van der Waals surface area contributed by atoms with Crippen molar-refractivity contribution < 1.29 is 17.6 Å². The van der Waals surface area contributed by atoms with Crippen molar-refractivity contribution >= 4 is 33.2 Å². The van der Waals surface area contributed by atoms with Gasteiger partial charge in [0.2, 0.25) is 15.9 Å². The molecule has 156 valence electrons. The van der Waals surface area contributed by atoms with Gasteiger partial charge in [-0.25, -0.2) is 12.8 Å². The molecule has 1 saturated heterocycles. The van der Waals surface area contributed by atoms with E-state index in [-0.39, 0.29) is 15.8 Å². The minimum Gasteiger partial charge on any atom is -0.325 e. The van der Waals surface area contributed by atoms with Crippen molar-refractivity contribution in [2.45, 2.75) is 24.8 Å². The number of carbonyl (C=O) groups is 1. The number of anilines is 1. The number of sulfonamides is 1. The third-order valence-electron chi connectivity index (χ3n) is 5.05. The van der Waals surface area contributed by atoms with E-state index in [1.54, 1.807) is 31.2 Å². The number of hydrogen-bond donors (Lipinski definition) is 1. The summed E-state index contributed by atoms with van der Waals surface area (Å²) in [7, 11) is -3.55. The highest BCUT2D eigenvalue weighted by Gasteiger charge is 2.31. The highest BCUT2D eigenvalue weighted by Crippen LogP contribution is 2.21. The maximum absolute atomic E-state index is 13.3. The van der Waals surface area contributed by atoms with E-state index in [1.807, 2.05) is 11.8 Å². The van der Waals surface area contributed by atoms with Crippen molar-refractivity contribution in [3.8, 4) is 0 Å². The Morgan fingerprint density at radius 3 is 2.31 bits per heavy atom. The lowest BCUT2D eigenvalue weighted by atomic mass is 10.2. The van der Waals surface area contributed by atoms with Gasteiger partial charge in [-0.3, -0.25) is 9.69 Å². The van der Waals surface area contributed by atoms with Crippen molar-refractivity contribution in [3.63, 3.8) is 0 Å². The molecule has 1 aliphatic heterocycles. The summed E-state index contributed by atoms with van der Waals surface area (Å²) in [6, 6.07) is 10.3. The van der Waals surface area contributed by atoms with Gasteiger partial charge in [-0.05, 0) is 44.2 Å². The number of piperazine rings is 1. The predicted molar refractivity (Wildman–Crippen MR) is 111 cm³/mol. The van der Waals surface area contributed by atoms with E-state index in [0.29, 0.717) is 31.9 Å². The highest BCUT2D eigenvalue weighted by molar-refractivity contribution is 7.89. The van der Waals surface area contributed by atoms with Crippen LogP contribution >= 0.6 is 11.6 Å². The zero-order valence-electron chi connectivity index (χ0n) is 16.2. The molecule has 0 saturated carbocycles. The van der Waals surface area contributed by atoms with Crippen LogP contribution < -0.4 is 5.32 Å². The maximum atomic E-state index is 13.3. The Labute approximate surface area is 175 Å². The van der Waals surface area contributed by atoms with Crippen LogP contribution in [0.25, 0.3) is 0 Å². The van der Waals surface area contributed by atoms with Gasteiger partial charge >= 0.3 is 0 Å². The van der Waals surface area contributed by atoms with Crippen LogP contribution in [0.3, 0.4) is 0 Å². The number of nitrogens with zero attached hydrogens (tertiary/aromatic N) is 2. The Bertz CT molecular complexity index is 991. The molecule has 0 radical (unpaired) electrons. The fourth-order valence-electron chi connectivity index (χ4n) is 3.18. The number of carbonyl (C=O) groups excluding carboxylic acids is 1. The number of halogens is 2. The second kappa shape index (κ2) is 8.79. The average Bonchev–Trinajstić information content (AvgIpc) is 2.70. The maximum Gasteiger partial charge on any atom is 0.243 e. The number of hydrogen-bond acceptors (Lipinski definition) is 4. The van der Waals surface area contributed by atoms with Gasteiger partial charge in [0.15, 0.2) is 0 Å². The van der Waals surface area contributed by atoms with Crippen molar-refractivity contribution in [3.05, 3.63) is 58.9 Å². The number of nitrogens with one attached hydrogen (secondary N) is 1. The van der Waals surface area contributed by atoms with Gasteiger partial charge in [0.1, 0.15) is 5.82 Å². The van der Waals surface area contributed by atoms with Crippen molar-refractivity contribution in [2.75, 3.05) is 31.5 Å². The zero-order chi connectivity index (χ0) is 21.2. The lowest BCUT2D eigenvalue weighted by Gasteiger charge is -2.36. The second-order valence-corrected chi connectivity index (χ2v) is 9.39. The molecular weight excluding hydrogens is 417 g/mol. The molecule has 1 amide bonds. The Hall–Kier alpha value is -2.00. The summed E-state index contributed by atoms with van der Waals surface area (Å²) in [5.41, 5.74) is 1.41. The van der Waals surface area contributed by atoms with E-state index in [0.717, 1.165) is 5.56 Å². The average molecular weight is 440 g/mol. The summed E-state index contributed by atoms with van der Waals surface area (Å²) in [4.78, 5) is 14.7. The Morgan fingerprint density at radius 1 is 1.10 bits per heavy atom. The number of rotatable bonds is 5. The normalized spacial score (nSPS) is 17.1. The molecule has 2 aromatic carbocycles. The lowest BCUT2D eigenvalue weighted by Crippen LogP contribution is -2.53. The molecular formula is C20H23ClFN3O3S. The molecule has 29 heavy (non-hydrogen) atoms. The molecule has 1 heterocycles. The molecule has 3 rings (SSSR count). The molecule has 1 aliphatic rings. The summed E-state index contributed by atoms with van der Waals surface area (Å²) in [6.45, 7) is 5.13. The standard InChI is InChI=1S/C20H23ClFN3O3S/c1-14-3-6-17(7-4-14)29(27,28)25-11-9-24(10-12-25)15(2)20(26)23-16-5-8-19(22)18(21)13-16/h3-8,13,15H,9-12H2,1-2H3,(H,23,26). The monoisotopic (exact) mass is 439 g/mol. The van der Waals surface area contributed by atoms with E-state index in [2.05, 4.69) is 5.32 Å². The molecule has 1 fully saturated rings. The second-order valence-electron chi connectivity index (χ2n) is 7.05. The first-order chi connectivity index (χ1) is 13.7. The van der Waals surface area contributed by atoms with Gasteiger partial charge in [-0.15, -0.1) is 0 Å². The third kappa shape index (κ3) is 4.95. The van der Waals surface area contributed by atoms with Gasteiger partial charge in [0, 0.05) is 31.9 Å². The van der Waals surface area contributed by atoms with Crippen molar-refractivity contribution in [1.82, 2.24) is 9.21 Å². The quantitative estimate of drug-likeness (QED) is 0.777. The lowest BCUT2D eigenvalue weighted by molar-refractivity contribution is -0.121. The smallest absolute Gasteiger partial charge is 0.243 e. The molecule has 2 aromatic rings. The minimum atomic E-state index is -3.55. The van der Waals surface area contributed by atoms with Gasteiger partial charge in [0.25, 0.3) is 0 Å². The van der Waals surface area contributed by atoms with E-state index >= 15 is 0 Å². The van der Waals surface area contributed by atoms with Gasteiger partial charge < -0.3 is 5.32 Å². The Morgan fingerprint density at radius 2 is 1.72 bits per heavy atom. The SMILES string of the molecule is Cc1ccc(S(=O)(=O)N2CCN(C(C)C(=O)Nc3ccc(F)c(Cl)c3)CC2)cc1. The summed E-state index contributed by atoms with van der Waals surface area (Å²) in [5, 5.41) is 2.65. The molecule has 6 nitrogen and oxygen atoms in total. The van der Waals surface area contributed by atoms with Gasteiger partial charge in [0.05, 0.1) is 16.0 Å². The van der Waals surface area contributed by atoms with Gasteiger partial charge in [-0.2, -0.15) is 4.31 Å². The molecule has 9 heteroatoms. The van der Waals surface area contributed by atoms with Crippen molar-refractivity contribution in [2.24, 2.45) is 0 Å². The van der Waals surface area contributed by atoms with Crippen LogP contribution in [0.2, 0.25) is 5.02 Å². The first-order valence-corrected chi connectivity index (χ1v) is 11.1. The van der Waals surface area contributed by atoms with Crippen LogP contribution in [-0.2, 0) is 14.8 Å². The summed E-state index contributed by atoms with van der Waals surface area (Å²) < 4.78 is 40.3. The first kappa shape index (κ1) is 21.7. The molecule has 0 aromatic heterocycles. The van der Waals surface area contributed by atoms with Gasteiger partial charge in [-0.1, -0.05) is 29.3 Å². The van der Waals surface area contributed by atoms with E-state index < -0.39 is 21.9 Å². The van der Waals surface area contributed by atoms with E-state index in [4.69, 9.17) is 11.6 Å². The van der Waals surface area contributed by atoms with Crippen LogP contribution in [0.15, 0.2) is 47.4 Å². The minimum absolute atomic E-state index is 0.0645. The molecule has 1 unspecified atom stereocenters. The van der Waals surface area contributed by atoms with E-state index in [9.17, 15) is 17.6 Å². The third-order valence-corrected chi connectivity index (χ3v) is 7.25. The Kier molecular flexibility index (Phi) is 6.58. The van der Waals surface area contributed by atoms with Crippen LogP contribution in [0.5, 0.6) is 0 Å².